The van der Waals surface area contributed by atoms with Gasteiger partial charge in [-0.1, -0.05) is 123 Å². The smallest absolute Gasteiger partial charge is 0.338 e. The molecular weight excluding hydrogens is 1920 g/mol. The number of benzene rings is 6. The number of aliphatic carboxylic acids is 2. The van der Waals surface area contributed by atoms with E-state index in [2.05, 4.69) is 56.1 Å². The number of ether oxygens (including phenoxy) is 4. The zero-order valence-electron chi connectivity index (χ0n) is 74.7. The van der Waals surface area contributed by atoms with Crippen molar-refractivity contribution in [2.24, 2.45) is 40.1 Å². The van der Waals surface area contributed by atoms with Crippen LogP contribution in [0, 0.1) is 30.3 Å². The van der Waals surface area contributed by atoms with Crippen LogP contribution in [-0.2, 0) is 111 Å². The van der Waals surface area contributed by atoms with Crippen molar-refractivity contribution in [1.82, 2.24) is 36.0 Å². The fraction of sp³-hybridized carbons (Fsp3) is 0.378. The summed E-state index contributed by atoms with van der Waals surface area (Å²) in [5.74, 6) is -10.3. The number of rotatable bonds is 36. The maximum Gasteiger partial charge on any atom is 0.338 e. The molecule has 0 radical (unpaired) electrons. The average Bonchev–Trinajstić information content (AvgIpc) is 1.64. The Morgan fingerprint density at radius 2 is 0.816 bits per heavy atom. The first kappa shape index (κ1) is 123. The number of carboxylic acid groups (broad SMARTS) is 2. The van der Waals surface area contributed by atoms with Crippen molar-refractivity contribution >= 4 is 157 Å². The summed E-state index contributed by atoms with van der Waals surface area (Å²) in [6.07, 6.45) is 1.63. The van der Waals surface area contributed by atoms with E-state index >= 15 is 0 Å². The Hall–Kier alpha value is -16.2. The Kier molecular flexibility index (Phi) is 53.3. The van der Waals surface area contributed by atoms with E-state index in [9.17, 15) is 126 Å². The number of primary amides is 5. The Labute approximate surface area is 815 Å². The number of nitro benzene ring substituents is 3. The van der Waals surface area contributed by atoms with Gasteiger partial charge in [0.15, 0.2) is 11.6 Å². The van der Waals surface area contributed by atoms with Gasteiger partial charge in [-0.05, 0) is 75.3 Å². The molecule has 6 aromatic carbocycles. The number of ketones is 2. The molecule has 5 aliphatic heterocycles. The van der Waals surface area contributed by atoms with Crippen molar-refractivity contribution in [3.8, 4) is 0 Å². The van der Waals surface area contributed by atoms with E-state index in [0.717, 1.165) is 12.7 Å². The Morgan fingerprint density at radius 1 is 0.447 bits per heavy atom. The van der Waals surface area contributed by atoms with Crippen LogP contribution in [0.15, 0.2) is 133 Å². The number of nitrogens with one attached hydrogen (secondary N) is 4. The molecule has 141 heavy (non-hydrogen) atoms. The molecule has 11 rings (SSSR count). The summed E-state index contributed by atoms with van der Waals surface area (Å²) < 4.78 is 18.1. The molecule has 7 atom stereocenters. The standard InChI is InChI=1S/C14H15N3O6.C14H18N2O4.C13H11N3O5.C13H13N3O3.C13H16N2O4.C9H8BrNO4.C6H12N2O3.C5H10N2O3.3CH4/c1-23-14(20)11(5-6-12(15)18)16-7-9-8(13(16)19)3-2-4-10(9)17(21)22;1-20-14(19)11(7-8-13(15)18)16-9-12(17)10-5-3-2-4-6-10;17-11-5-4-10(12(18)14-11)15-6-8-7(13(15)19)2-1-3-9(8)16(20)21;14-9-3-1-2-7-8(9)6-16(13(7)19)10-4-5-11(17)15-12(10)18;14-12(17)7-6-10(13(18)19)15-8-11(16)9-4-2-1-3-5-9;1-15-9(12)6-3-2-4-8(11(13)14)7(6)5-10;1-11-6(10)4(7)2-3-5(8)9;6-3(5(9)10)1-2-4(7)8;;;/h2-4,11H,5-7H2,1H3,(H2,15,18);2-6,11,16H,7-9H2,1H3,(H2,15,18);1-3,10H,4-6H2,(H,14,17,18);1-3,10H,4-6,14H2,(H,15,17,18);1-5,10,15H,6-8H2,(H2,14,17)(H,18,19);2-4H,5H2,1H3;4H,2-3,7H2,1H3,(H2,8,9);3H,1-2,6H2,(H2,7,8)(H,9,10);3*1H4. The largest absolute Gasteiger partial charge is 0.480 e. The number of nitro groups is 3. The van der Waals surface area contributed by atoms with Gasteiger partial charge in [0.1, 0.15) is 42.3 Å². The van der Waals surface area contributed by atoms with Crippen LogP contribution in [0.5, 0.6) is 0 Å². The number of carbonyl (C=O) groups excluding carboxylic acids is 18. The molecule has 0 aromatic heterocycles. The van der Waals surface area contributed by atoms with Gasteiger partial charge in [-0.3, -0.25) is 138 Å². The monoisotopic (exact) mass is 2040 g/mol. The second-order valence-corrected chi connectivity index (χ2v) is 30.4. The number of hydrogen-bond donors (Lipinski definition) is 14. The number of carboxylic acids is 2. The maximum atomic E-state index is 12.5. The molecule has 12 amide bonds. The number of nitrogen functional groups attached to an aromatic ring is 1. The minimum atomic E-state index is -1.11. The first-order valence-corrected chi connectivity index (χ1v) is 42.5. The molecule has 7 unspecified atom stereocenters. The number of nitrogens with two attached hydrogens (primary N) is 8. The van der Waals surface area contributed by atoms with Crippen LogP contribution < -0.4 is 67.1 Å². The summed E-state index contributed by atoms with van der Waals surface area (Å²) in [6.45, 7) is 0.136. The van der Waals surface area contributed by atoms with Crippen molar-refractivity contribution in [3.05, 3.63) is 219 Å². The fourth-order valence-corrected chi connectivity index (χ4v) is 13.9. The Bertz CT molecular complexity index is 5540. The summed E-state index contributed by atoms with van der Waals surface area (Å²) in [6, 6.07) is 29.5. The molecule has 2 saturated heterocycles. The maximum absolute atomic E-state index is 12.5. The fourth-order valence-electron chi connectivity index (χ4n) is 13.3. The van der Waals surface area contributed by atoms with E-state index < -0.39 is 146 Å². The number of alkyl halides is 1. The number of methoxy groups -OCH3 is 4. The third-order valence-corrected chi connectivity index (χ3v) is 21.1. The van der Waals surface area contributed by atoms with Gasteiger partial charge < -0.3 is 89.7 Å². The molecule has 0 spiro atoms. The van der Waals surface area contributed by atoms with Crippen LogP contribution in [0.4, 0.5) is 22.7 Å². The summed E-state index contributed by atoms with van der Waals surface area (Å²) in [5, 5.41) is 60.0. The molecule has 764 valence electrons. The van der Waals surface area contributed by atoms with Crippen molar-refractivity contribution < 1.29 is 140 Å². The van der Waals surface area contributed by atoms with Crippen LogP contribution in [0.2, 0.25) is 0 Å². The third kappa shape index (κ3) is 38.4. The van der Waals surface area contributed by atoms with Gasteiger partial charge in [0.2, 0.25) is 53.2 Å². The Balaban J connectivity index is 0.000000813. The van der Waals surface area contributed by atoms with E-state index in [1.807, 2.05) is 6.07 Å². The molecule has 2 fully saturated rings. The molecule has 50 nitrogen and oxygen atoms in total. The predicted molar refractivity (Wildman–Crippen MR) is 505 cm³/mol. The zero-order chi connectivity index (χ0) is 103. The molecule has 5 heterocycles. The van der Waals surface area contributed by atoms with Gasteiger partial charge in [-0.2, -0.15) is 0 Å². The molecule has 51 heteroatoms. The normalized spacial score (nSPS) is 14.6. The number of anilines is 1. The predicted octanol–water partition coefficient (Wildman–Crippen LogP) is 2.79. The average molecular weight is 2040 g/mol. The second kappa shape index (κ2) is 61.1. The molecule has 5 aliphatic rings. The topological polar surface area (TPSA) is 814 Å². The number of imide groups is 2. The lowest BCUT2D eigenvalue weighted by Crippen LogP contribution is -2.52. The molecule has 0 bridgehead atoms. The SMILES string of the molecule is C.C.C.COC(=O)C(CCC(N)=O)N1Cc2c(cccc2[N+](=O)[O-])C1=O.COC(=O)C(CCC(N)=O)NCC(=O)c1ccccc1.COC(=O)C(N)CCC(N)=O.COC(=O)c1cccc([N+](=O)[O-])c1CBr.NC(=O)CCC(N)C(=O)O.NC(=O)CCC(NCC(=O)c1ccccc1)C(=O)O.Nc1cccc2c1CN(C1CCC(=O)NC1=O)C2=O.O=C1CCC(N2Cc3c(cccc3[N+](=O)[O-])C2=O)C(=O)N1. The number of piperidine rings is 2. The summed E-state index contributed by atoms with van der Waals surface area (Å²) >= 11 is 3.11. The van der Waals surface area contributed by atoms with Crippen LogP contribution in [0.1, 0.15) is 197 Å². The van der Waals surface area contributed by atoms with Crippen molar-refractivity contribution in [3.63, 3.8) is 0 Å². The number of hydrogen-bond acceptors (Lipinski definition) is 35. The summed E-state index contributed by atoms with van der Waals surface area (Å²) in [4.78, 5) is 261. The van der Waals surface area contributed by atoms with Crippen molar-refractivity contribution in [1.29, 1.82) is 0 Å². The van der Waals surface area contributed by atoms with Gasteiger partial charge in [0.05, 0.1) is 103 Å². The van der Waals surface area contributed by atoms with Gasteiger partial charge in [-0.15, -0.1) is 0 Å². The highest BCUT2D eigenvalue weighted by atomic mass is 79.9. The van der Waals surface area contributed by atoms with Gasteiger partial charge in [0.25, 0.3) is 34.8 Å². The Morgan fingerprint density at radius 3 is 1.21 bits per heavy atom. The van der Waals surface area contributed by atoms with Crippen LogP contribution in [-0.4, -0.2) is 242 Å². The highest BCUT2D eigenvalue weighted by Gasteiger charge is 2.44. The molecule has 22 N–H and O–H groups in total. The highest BCUT2D eigenvalue weighted by molar-refractivity contribution is 9.08. The molecular formula is C90H115BrN18O32. The number of fused-ring (bicyclic) bond motifs is 3. The van der Waals surface area contributed by atoms with Gasteiger partial charge >= 0.3 is 35.8 Å². The summed E-state index contributed by atoms with van der Waals surface area (Å²) in [7, 11) is 4.89. The van der Waals surface area contributed by atoms with Crippen LogP contribution >= 0.6 is 15.9 Å². The van der Waals surface area contributed by atoms with E-state index in [1.165, 1.54) is 90.6 Å². The zero-order valence-corrected chi connectivity index (χ0v) is 76.3. The van der Waals surface area contributed by atoms with Crippen LogP contribution in [0.25, 0.3) is 0 Å². The first-order chi connectivity index (χ1) is 65.2. The number of esters is 4. The molecule has 0 saturated carbocycles. The number of Topliss-reactive ketones (excluding diaryl/α,β-unsaturated/α-hetero) is 2. The minimum Gasteiger partial charge on any atom is -0.480 e. The van der Waals surface area contributed by atoms with E-state index in [0.29, 0.717) is 46.5 Å². The number of carbonyl (C=O) groups is 20. The number of amides is 12. The minimum absolute atomic E-state index is 0. The lowest BCUT2D eigenvalue weighted by Gasteiger charge is -2.29. The summed E-state index contributed by atoms with van der Waals surface area (Å²) in [5.41, 5.74) is 44.9. The molecule has 0 aliphatic carbocycles. The quantitative estimate of drug-likeness (QED) is 0.00393. The lowest BCUT2D eigenvalue weighted by atomic mass is 10.0. The van der Waals surface area contributed by atoms with Crippen molar-refractivity contribution in [2.75, 3.05) is 47.3 Å². The van der Waals surface area contributed by atoms with E-state index in [-0.39, 0.29) is 206 Å². The van der Waals surface area contributed by atoms with E-state index in [1.54, 1.807) is 72.8 Å². The number of nitrogens with zero attached hydrogens (tertiary/aromatic N) is 6. The third-order valence-electron chi connectivity index (χ3n) is 20.5. The second-order valence-electron chi connectivity index (χ2n) is 29.9. The van der Waals surface area contributed by atoms with E-state index in [4.69, 9.17) is 56.1 Å². The number of halogens is 1. The molecule has 6 aromatic rings. The van der Waals surface area contributed by atoms with Gasteiger partial charge in [0, 0.05) is 103 Å². The van der Waals surface area contributed by atoms with Crippen molar-refractivity contribution in [2.45, 2.75) is 179 Å². The lowest BCUT2D eigenvalue weighted by molar-refractivity contribution is -0.385. The van der Waals surface area contributed by atoms with Gasteiger partial charge in [-0.25, -0.2) is 9.59 Å². The van der Waals surface area contributed by atoms with Crippen LogP contribution in [0.3, 0.4) is 0 Å². The highest BCUT2D eigenvalue weighted by Crippen LogP contribution is 2.36. The first-order valence-electron chi connectivity index (χ1n) is 41.4.